The third kappa shape index (κ3) is 3.80. The highest BCUT2D eigenvalue weighted by molar-refractivity contribution is 5.74. The van der Waals surface area contributed by atoms with E-state index in [9.17, 15) is 4.79 Å². The first-order chi connectivity index (χ1) is 15.5. The Morgan fingerprint density at radius 3 is 2.88 bits per heavy atom. The van der Waals surface area contributed by atoms with Crippen LogP contribution in [0.25, 0.3) is 5.57 Å². The second-order valence-corrected chi connectivity index (χ2v) is 9.90. The number of carbonyl (C=O) groups is 1. The molecule has 0 aromatic heterocycles. The molecule has 0 amide bonds. The first-order valence-corrected chi connectivity index (χ1v) is 11.8. The molecule has 1 aliphatic heterocycles. The minimum absolute atomic E-state index is 0.0494. The van der Waals surface area contributed by atoms with Gasteiger partial charge in [-0.1, -0.05) is 44.2 Å². The van der Waals surface area contributed by atoms with Gasteiger partial charge in [0.05, 0.1) is 20.1 Å². The van der Waals surface area contributed by atoms with Gasteiger partial charge < -0.3 is 14.2 Å². The highest BCUT2D eigenvalue weighted by Crippen LogP contribution is 2.47. The second kappa shape index (κ2) is 8.31. The Kier molecular flexibility index (Phi) is 5.48. The van der Waals surface area contributed by atoms with Crippen molar-refractivity contribution in [1.29, 1.82) is 0 Å². The Labute approximate surface area is 190 Å². The zero-order valence-electron chi connectivity index (χ0n) is 19.3. The lowest BCUT2D eigenvalue weighted by Crippen LogP contribution is -2.18. The van der Waals surface area contributed by atoms with Gasteiger partial charge in [0.25, 0.3) is 0 Å². The van der Waals surface area contributed by atoms with E-state index in [1.807, 2.05) is 18.2 Å². The highest BCUT2D eigenvalue weighted by atomic mass is 16.5. The lowest BCUT2D eigenvalue weighted by molar-refractivity contribution is -0.141. The molecule has 168 valence electrons. The maximum atomic E-state index is 11.7. The van der Waals surface area contributed by atoms with Crippen molar-refractivity contribution in [2.45, 2.75) is 64.4 Å². The molecule has 0 spiro atoms. The fourth-order valence-electron chi connectivity index (χ4n) is 5.62. The van der Waals surface area contributed by atoms with Crippen LogP contribution in [0.15, 0.2) is 42.5 Å². The molecule has 0 bridgehead atoms. The summed E-state index contributed by atoms with van der Waals surface area (Å²) < 4.78 is 17.1. The van der Waals surface area contributed by atoms with E-state index in [1.165, 1.54) is 48.6 Å². The molecule has 2 atom stereocenters. The molecule has 2 aromatic rings. The predicted octanol–water partition coefficient (Wildman–Crippen LogP) is 6.39. The van der Waals surface area contributed by atoms with E-state index in [2.05, 4.69) is 38.1 Å². The SMILES string of the molecule is COC(=O)CC1COc2cc(OC3CCc4c(C5=CCCCC5(C)C)cccc43)ccc21. The summed E-state index contributed by atoms with van der Waals surface area (Å²) in [5.74, 6) is 1.48. The van der Waals surface area contributed by atoms with Crippen molar-refractivity contribution in [3.05, 3.63) is 64.7 Å². The molecule has 0 saturated carbocycles. The van der Waals surface area contributed by atoms with E-state index < -0.39 is 0 Å². The van der Waals surface area contributed by atoms with Gasteiger partial charge in [0.2, 0.25) is 0 Å². The van der Waals surface area contributed by atoms with Crippen LogP contribution in [0.4, 0.5) is 0 Å². The van der Waals surface area contributed by atoms with Crippen LogP contribution in [-0.2, 0) is 16.0 Å². The first-order valence-electron chi connectivity index (χ1n) is 11.8. The molecule has 0 saturated heterocycles. The topological polar surface area (TPSA) is 44.8 Å². The summed E-state index contributed by atoms with van der Waals surface area (Å²) in [7, 11) is 1.42. The summed E-state index contributed by atoms with van der Waals surface area (Å²) in [4.78, 5) is 11.7. The van der Waals surface area contributed by atoms with Crippen molar-refractivity contribution < 1.29 is 19.0 Å². The smallest absolute Gasteiger partial charge is 0.306 e. The summed E-state index contributed by atoms with van der Waals surface area (Å²) in [6, 6.07) is 12.7. The van der Waals surface area contributed by atoms with Crippen LogP contribution in [-0.4, -0.2) is 19.7 Å². The fourth-order valence-corrected chi connectivity index (χ4v) is 5.62. The number of ether oxygens (including phenoxy) is 3. The van der Waals surface area contributed by atoms with E-state index in [0.717, 1.165) is 29.9 Å². The van der Waals surface area contributed by atoms with Crippen molar-refractivity contribution in [2.75, 3.05) is 13.7 Å². The lowest BCUT2D eigenvalue weighted by atomic mass is 9.72. The molecule has 0 radical (unpaired) electrons. The molecule has 4 nitrogen and oxygen atoms in total. The average Bonchev–Trinajstić information content (AvgIpc) is 3.37. The van der Waals surface area contributed by atoms with Gasteiger partial charge in [0.15, 0.2) is 0 Å². The quantitative estimate of drug-likeness (QED) is 0.514. The van der Waals surface area contributed by atoms with Gasteiger partial charge in [-0.2, -0.15) is 0 Å². The maximum Gasteiger partial charge on any atom is 0.306 e. The number of methoxy groups -OCH3 is 1. The van der Waals surface area contributed by atoms with E-state index >= 15 is 0 Å². The van der Waals surface area contributed by atoms with E-state index in [1.54, 1.807) is 0 Å². The third-order valence-corrected chi connectivity index (χ3v) is 7.37. The number of rotatable bonds is 5. The Hall–Kier alpha value is -2.75. The summed E-state index contributed by atoms with van der Waals surface area (Å²) in [6.07, 6.45) is 8.59. The van der Waals surface area contributed by atoms with Crippen molar-refractivity contribution >= 4 is 11.5 Å². The van der Waals surface area contributed by atoms with Crippen LogP contribution in [0.5, 0.6) is 11.5 Å². The Morgan fingerprint density at radius 2 is 2.06 bits per heavy atom. The number of fused-ring (bicyclic) bond motifs is 2. The van der Waals surface area contributed by atoms with Gasteiger partial charge >= 0.3 is 5.97 Å². The summed E-state index contributed by atoms with van der Waals surface area (Å²) in [5.41, 5.74) is 6.97. The molecule has 2 aromatic carbocycles. The standard InChI is InChI=1S/C28H32O4/c1-28(2)14-5-4-9-24(28)22-7-6-8-23-21(22)12-13-25(23)32-19-10-11-20-18(15-27(29)30-3)17-31-26(20)16-19/h6-11,16,18,25H,4-5,12-15,17H2,1-3H3. The molecule has 32 heavy (non-hydrogen) atoms. The average molecular weight is 433 g/mol. The second-order valence-electron chi connectivity index (χ2n) is 9.90. The Bertz CT molecular complexity index is 1070. The number of allylic oxidation sites excluding steroid dienone is 2. The third-order valence-electron chi connectivity index (χ3n) is 7.37. The molecule has 2 unspecified atom stereocenters. The Balaban J connectivity index is 1.37. The summed E-state index contributed by atoms with van der Waals surface area (Å²) >= 11 is 0. The zero-order valence-corrected chi connectivity index (χ0v) is 19.3. The van der Waals surface area contributed by atoms with Crippen LogP contribution in [0.3, 0.4) is 0 Å². The predicted molar refractivity (Wildman–Crippen MR) is 125 cm³/mol. The van der Waals surface area contributed by atoms with Gasteiger partial charge in [-0.25, -0.2) is 0 Å². The first kappa shape index (κ1) is 21.1. The van der Waals surface area contributed by atoms with E-state index in [4.69, 9.17) is 14.2 Å². The monoisotopic (exact) mass is 432 g/mol. The van der Waals surface area contributed by atoms with Crippen molar-refractivity contribution in [3.63, 3.8) is 0 Å². The molecule has 4 heteroatoms. The summed E-state index contributed by atoms with van der Waals surface area (Å²) in [6.45, 7) is 5.26. The Morgan fingerprint density at radius 1 is 1.19 bits per heavy atom. The van der Waals surface area contributed by atoms with Gasteiger partial charge in [0, 0.05) is 17.5 Å². The van der Waals surface area contributed by atoms with Crippen LogP contribution < -0.4 is 9.47 Å². The van der Waals surface area contributed by atoms with Crippen molar-refractivity contribution in [1.82, 2.24) is 0 Å². The normalized spacial score (nSPS) is 23.0. The highest BCUT2D eigenvalue weighted by Gasteiger charge is 2.33. The van der Waals surface area contributed by atoms with Crippen LogP contribution in [0.1, 0.15) is 80.2 Å². The zero-order chi connectivity index (χ0) is 22.3. The minimum atomic E-state index is -0.207. The van der Waals surface area contributed by atoms with Crippen LogP contribution in [0, 0.1) is 5.41 Å². The molecule has 1 heterocycles. The van der Waals surface area contributed by atoms with E-state index in [-0.39, 0.29) is 23.4 Å². The molecular weight excluding hydrogens is 400 g/mol. The number of carbonyl (C=O) groups excluding carboxylic acids is 1. The van der Waals surface area contributed by atoms with Gasteiger partial charge in [0.1, 0.15) is 17.6 Å². The van der Waals surface area contributed by atoms with Crippen LogP contribution >= 0.6 is 0 Å². The van der Waals surface area contributed by atoms with Gasteiger partial charge in [-0.05, 0) is 65.8 Å². The number of benzene rings is 2. The summed E-state index contributed by atoms with van der Waals surface area (Å²) in [5, 5.41) is 0. The lowest BCUT2D eigenvalue weighted by Gasteiger charge is -2.33. The van der Waals surface area contributed by atoms with Crippen molar-refractivity contribution in [2.24, 2.45) is 5.41 Å². The molecule has 0 N–H and O–H groups in total. The number of hydrogen-bond acceptors (Lipinski definition) is 4. The maximum absolute atomic E-state index is 11.7. The molecule has 0 fully saturated rings. The van der Waals surface area contributed by atoms with E-state index in [0.29, 0.717) is 13.0 Å². The minimum Gasteiger partial charge on any atom is -0.492 e. The largest absolute Gasteiger partial charge is 0.492 e. The molecular formula is C28H32O4. The fraction of sp³-hybridized carbons (Fsp3) is 0.464. The molecule has 2 aliphatic carbocycles. The number of esters is 1. The van der Waals surface area contributed by atoms with Crippen molar-refractivity contribution in [3.8, 4) is 11.5 Å². The van der Waals surface area contributed by atoms with Gasteiger partial charge in [-0.15, -0.1) is 0 Å². The molecule has 5 rings (SSSR count). The van der Waals surface area contributed by atoms with Gasteiger partial charge in [-0.3, -0.25) is 4.79 Å². The number of hydrogen-bond donors (Lipinski definition) is 0. The van der Waals surface area contributed by atoms with Crippen LogP contribution in [0.2, 0.25) is 0 Å². The molecule has 3 aliphatic rings.